The van der Waals surface area contributed by atoms with Gasteiger partial charge in [0.2, 0.25) is 0 Å². The quantitative estimate of drug-likeness (QED) is 0.770. The molecule has 2 heteroatoms. The summed E-state index contributed by atoms with van der Waals surface area (Å²) in [5.41, 5.74) is 1.24. The largest absolute Gasteiger partial charge is 0.416 e. The zero-order valence-corrected chi connectivity index (χ0v) is 12.0. The van der Waals surface area contributed by atoms with Crippen molar-refractivity contribution in [2.45, 2.75) is 38.9 Å². The molecule has 1 aromatic carbocycles. The van der Waals surface area contributed by atoms with Crippen LogP contribution in [0.1, 0.15) is 26.3 Å². The molecule has 1 rings (SSSR count). The Labute approximate surface area is 101 Å². The molecule has 0 aromatic heterocycles. The number of benzene rings is 1. The van der Waals surface area contributed by atoms with Crippen LogP contribution >= 0.6 is 0 Å². The maximum atomic E-state index is 3.61. The summed E-state index contributed by atoms with van der Waals surface area (Å²) in [7, 11) is -1.40. The maximum absolute atomic E-state index is 3.61. The van der Waals surface area contributed by atoms with Gasteiger partial charge in [-0.2, -0.15) is 0 Å². The number of nitrogens with one attached hydrogen (secondary N) is 1. The first-order chi connectivity index (χ1) is 7.33. The fraction of sp³-hybridized carbons (Fsp3) is 0.429. The first-order valence-electron chi connectivity index (χ1n) is 5.82. The van der Waals surface area contributed by atoms with Crippen molar-refractivity contribution in [3.05, 3.63) is 42.1 Å². The van der Waals surface area contributed by atoms with Crippen LogP contribution in [0.15, 0.2) is 36.5 Å². The van der Waals surface area contributed by atoms with E-state index < -0.39 is 8.24 Å². The lowest BCUT2D eigenvalue weighted by Crippen LogP contribution is -2.49. The summed E-state index contributed by atoms with van der Waals surface area (Å²) in [4.78, 5) is 3.61. The molecule has 0 aliphatic heterocycles. The highest BCUT2D eigenvalue weighted by Gasteiger charge is 2.34. The molecule has 0 radical (unpaired) electrons. The van der Waals surface area contributed by atoms with E-state index in [2.05, 4.69) is 75.4 Å². The molecule has 0 aliphatic rings. The van der Waals surface area contributed by atoms with Crippen LogP contribution in [0.3, 0.4) is 0 Å². The van der Waals surface area contributed by atoms with Gasteiger partial charge in [-0.1, -0.05) is 64.2 Å². The number of hydrogen-bond donors (Lipinski definition) is 1. The Morgan fingerprint density at radius 3 is 2.12 bits per heavy atom. The summed E-state index contributed by atoms with van der Waals surface area (Å²) in [5.74, 6) is 0. The van der Waals surface area contributed by atoms with Gasteiger partial charge in [-0.05, 0) is 22.9 Å². The average molecular weight is 233 g/mol. The topological polar surface area (TPSA) is 12.0 Å². The van der Waals surface area contributed by atoms with Gasteiger partial charge in [-0.25, -0.2) is 0 Å². The Morgan fingerprint density at radius 2 is 1.62 bits per heavy atom. The molecule has 0 atom stereocenters. The van der Waals surface area contributed by atoms with E-state index in [1.807, 2.05) is 6.07 Å². The van der Waals surface area contributed by atoms with Crippen LogP contribution in [0.2, 0.25) is 18.1 Å². The van der Waals surface area contributed by atoms with Gasteiger partial charge in [-0.3, -0.25) is 0 Å². The van der Waals surface area contributed by atoms with E-state index in [4.69, 9.17) is 0 Å². The van der Waals surface area contributed by atoms with Crippen LogP contribution in [0.4, 0.5) is 0 Å². The predicted molar refractivity (Wildman–Crippen MR) is 75.8 cm³/mol. The van der Waals surface area contributed by atoms with Gasteiger partial charge in [0, 0.05) is 0 Å². The predicted octanol–water partition coefficient (Wildman–Crippen LogP) is 4.25. The summed E-state index contributed by atoms with van der Waals surface area (Å²) in [6.07, 6.45) is 4.24. The van der Waals surface area contributed by atoms with Gasteiger partial charge in [0.05, 0.1) is 0 Å². The van der Waals surface area contributed by atoms with Gasteiger partial charge in [-0.15, -0.1) is 0 Å². The van der Waals surface area contributed by atoms with E-state index in [0.29, 0.717) is 5.04 Å². The molecule has 1 aromatic rings. The van der Waals surface area contributed by atoms with E-state index in [-0.39, 0.29) is 0 Å². The van der Waals surface area contributed by atoms with Gasteiger partial charge in [0.1, 0.15) is 0 Å². The van der Waals surface area contributed by atoms with Crippen molar-refractivity contribution in [3.63, 3.8) is 0 Å². The average Bonchev–Trinajstić information content (AvgIpc) is 2.17. The van der Waals surface area contributed by atoms with Crippen molar-refractivity contribution in [1.82, 2.24) is 4.98 Å². The van der Waals surface area contributed by atoms with E-state index in [1.165, 1.54) is 5.56 Å². The molecular weight excluding hydrogens is 210 g/mol. The summed E-state index contributed by atoms with van der Waals surface area (Å²) >= 11 is 0. The lowest BCUT2D eigenvalue weighted by molar-refractivity contribution is 0.706. The molecule has 0 amide bonds. The molecule has 16 heavy (non-hydrogen) atoms. The molecule has 0 unspecified atom stereocenters. The summed E-state index contributed by atoms with van der Waals surface area (Å²) in [6, 6.07) is 10.4. The van der Waals surface area contributed by atoms with E-state index in [9.17, 15) is 0 Å². The van der Waals surface area contributed by atoms with Crippen molar-refractivity contribution >= 4 is 14.3 Å². The second kappa shape index (κ2) is 4.87. The third kappa shape index (κ3) is 3.53. The van der Waals surface area contributed by atoms with Gasteiger partial charge >= 0.3 is 0 Å². The van der Waals surface area contributed by atoms with Crippen LogP contribution < -0.4 is 4.98 Å². The monoisotopic (exact) mass is 233 g/mol. The van der Waals surface area contributed by atoms with Crippen LogP contribution in [0.5, 0.6) is 0 Å². The second-order valence-corrected chi connectivity index (χ2v) is 10.8. The number of rotatable bonds is 3. The zero-order chi connectivity index (χ0) is 12.2. The van der Waals surface area contributed by atoms with Gasteiger partial charge in [0.15, 0.2) is 8.24 Å². The van der Waals surface area contributed by atoms with E-state index >= 15 is 0 Å². The van der Waals surface area contributed by atoms with E-state index in [0.717, 1.165) is 0 Å². The Bertz CT molecular complexity index is 347. The Balaban J connectivity index is 2.62. The SMILES string of the molecule is CC(C)(C)[Si](C)(C)N/C=C/c1ccccc1. The summed E-state index contributed by atoms with van der Waals surface area (Å²) < 4.78 is 0. The van der Waals surface area contributed by atoms with Crippen LogP contribution in [0, 0.1) is 0 Å². The lowest BCUT2D eigenvalue weighted by atomic mass is 10.2. The summed E-state index contributed by atoms with van der Waals surface area (Å²) in [6.45, 7) is 11.7. The van der Waals surface area contributed by atoms with Crippen LogP contribution in [-0.2, 0) is 0 Å². The molecule has 0 heterocycles. The molecule has 0 spiro atoms. The Hall–Kier alpha value is -1.02. The van der Waals surface area contributed by atoms with Gasteiger partial charge < -0.3 is 4.98 Å². The first kappa shape index (κ1) is 13.0. The fourth-order valence-corrected chi connectivity index (χ4v) is 2.06. The van der Waals surface area contributed by atoms with Crippen LogP contribution in [0.25, 0.3) is 6.08 Å². The molecule has 0 saturated heterocycles. The van der Waals surface area contributed by atoms with Crippen molar-refractivity contribution < 1.29 is 0 Å². The lowest BCUT2D eigenvalue weighted by Gasteiger charge is -2.36. The van der Waals surface area contributed by atoms with Crippen LogP contribution in [-0.4, -0.2) is 8.24 Å². The standard InChI is InChI=1S/C14H23NSi/c1-14(2,3)16(4,5)15-12-11-13-9-7-6-8-10-13/h6-12,15H,1-5H3/b12-11+. The van der Waals surface area contributed by atoms with Crippen molar-refractivity contribution in [3.8, 4) is 0 Å². The van der Waals surface area contributed by atoms with Crippen molar-refractivity contribution in [2.75, 3.05) is 0 Å². The minimum Gasteiger partial charge on any atom is -0.416 e. The highest BCUT2D eigenvalue weighted by molar-refractivity contribution is 6.78. The first-order valence-corrected chi connectivity index (χ1v) is 8.82. The molecule has 0 fully saturated rings. The molecule has 1 N–H and O–H groups in total. The highest BCUT2D eigenvalue weighted by Crippen LogP contribution is 2.33. The molecule has 88 valence electrons. The zero-order valence-electron chi connectivity index (χ0n) is 11.0. The second-order valence-electron chi connectivity index (χ2n) is 5.76. The Kier molecular flexibility index (Phi) is 3.97. The third-order valence-corrected chi connectivity index (χ3v) is 8.03. The molecule has 1 nitrogen and oxygen atoms in total. The molecule has 0 saturated carbocycles. The third-order valence-electron chi connectivity index (χ3n) is 3.39. The normalized spacial score (nSPS) is 13.1. The summed E-state index contributed by atoms with van der Waals surface area (Å²) in [5, 5.41) is 0.369. The highest BCUT2D eigenvalue weighted by atomic mass is 28.3. The van der Waals surface area contributed by atoms with Crippen molar-refractivity contribution in [1.29, 1.82) is 0 Å². The number of hydrogen-bond acceptors (Lipinski definition) is 1. The van der Waals surface area contributed by atoms with Crippen molar-refractivity contribution in [2.24, 2.45) is 0 Å². The smallest absolute Gasteiger partial charge is 0.152 e. The minimum absolute atomic E-state index is 0.369. The maximum Gasteiger partial charge on any atom is 0.152 e. The minimum atomic E-state index is -1.40. The van der Waals surface area contributed by atoms with E-state index in [1.54, 1.807) is 0 Å². The molecule has 0 bridgehead atoms. The fourth-order valence-electron chi connectivity index (χ4n) is 1.13. The molecular formula is C14H23NSi. The Morgan fingerprint density at radius 1 is 1.06 bits per heavy atom. The van der Waals surface area contributed by atoms with Gasteiger partial charge in [0.25, 0.3) is 0 Å². The molecule has 0 aliphatic carbocycles.